The quantitative estimate of drug-likeness (QED) is 0.678. The molecule has 1 aliphatic rings. The third-order valence-corrected chi connectivity index (χ3v) is 2.58. The van der Waals surface area contributed by atoms with Crippen LogP contribution >= 0.6 is 0 Å². The molecule has 2 N–H and O–H groups in total. The summed E-state index contributed by atoms with van der Waals surface area (Å²) in [6, 6.07) is 5.35. The van der Waals surface area contributed by atoms with E-state index in [-0.39, 0.29) is 11.5 Å². The highest BCUT2D eigenvalue weighted by Crippen LogP contribution is 2.38. The predicted octanol–water partition coefficient (Wildman–Crippen LogP) is 1.79. The van der Waals surface area contributed by atoms with Crippen molar-refractivity contribution in [2.75, 3.05) is 17.2 Å². The molecule has 0 saturated carbocycles. The monoisotopic (exact) mass is 220 g/mol. The standard InChI is InChI=1S/C12H16N2O2/c1-8(15)14-7-12(2,3)16-11-5-4-9(13)6-10(11)14/h4-6H,7,13H2,1-3H3. The van der Waals surface area contributed by atoms with Gasteiger partial charge in [-0.25, -0.2) is 0 Å². The number of hydrogen-bond acceptors (Lipinski definition) is 3. The Morgan fingerprint density at radius 1 is 1.50 bits per heavy atom. The molecule has 0 aliphatic carbocycles. The fourth-order valence-electron chi connectivity index (χ4n) is 1.91. The Morgan fingerprint density at radius 3 is 2.81 bits per heavy atom. The molecule has 4 heteroatoms. The Kier molecular flexibility index (Phi) is 2.30. The number of benzene rings is 1. The molecule has 86 valence electrons. The molecule has 1 amide bonds. The van der Waals surface area contributed by atoms with Gasteiger partial charge in [0.1, 0.15) is 11.4 Å². The number of nitrogen functional groups attached to an aromatic ring is 1. The van der Waals surface area contributed by atoms with Crippen molar-refractivity contribution in [2.24, 2.45) is 0 Å². The van der Waals surface area contributed by atoms with Crippen LogP contribution in [0.2, 0.25) is 0 Å². The summed E-state index contributed by atoms with van der Waals surface area (Å²) in [4.78, 5) is 13.3. The topological polar surface area (TPSA) is 55.6 Å². The molecule has 0 bridgehead atoms. The summed E-state index contributed by atoms with van der Waals surface area (Å²) in [7, 11) is 0. The number of carbonyl (C=O) groups is 1. The molecule has 0 radical (unpaired) electrons. The van der Waals surface area contributed by atoms with Crippen molar-refractivity contribution in [3.63, 3.8) is 0 Å². The SMILES string of the molecule is CC(=O)N1CC(C)(C)Oc2ccc(N)cc21. The van der Waals surface area contributed by atoms with Gasteiger partial charge in [-0.1, -0.05) is 0 Å². The number of hydrogen-bond donors (Lipinski definition) is 1. The maximum Gasteiger partial charge on any atom is 0.224 e. The first-order valence-corrected chi connectivity index (χ1v) is 5.26. The van der Waals surface area contributed by atoms with Crippen molar-refractivity contribution >= 4 is 17.3 Å². The van der Waals surface area contributed by atoms with Gasteiger partial charge in [0.25, 0.3) is 0 Å². The van der Waals surface area contributed by atoms with Crippen LogP contribution in [0.1, 0.15) is 20.8 Å². The minimum absolute atomic E-state index is 0.00299. The van der Waals surface area contributed by atoms with Gasteiger partial charge in [0, 0.05) is 12.6 Å². The number of rotatable bonds is 0. The Bertz CT molecular complexity index is 441. The average molecular weight is 220 g/mol. The Morgan fingerprint density at radius 2 is 2.19 bits per heavy atom. The smallest absolute Gasteiger partial charge is 0.224 e. The zero-order valence-corrected chi connectivity index (χ0v) is 9.78. The number of carbonyl (C=O) groups excluding carboxylic acids is 1. The van der Waals surface area contributed by atoms with Crippen LogP contribution in [0.15, 0.2) is 18.2 Å². The van der Waals surface area contributed by atoms with Crippen LogP contribution in [0, 0.1) is 0 Å². The van der Waals surface area contributed by atoms with Crippen LogP contribution in [-0.2, 0) is 4.79 Å². The second kappa shape index (κ2) is 3.40. The molecule has 0 spiro atoms. The van der Waals surface area contributed by atoms with Gasteiger partial charge in [0.05, 0.1) is 12.2 Å². The number of nitrogens with zero attached hydrogens (tertiary/aromatic N) is 1. The largest absolute Gasteiger partial charge is 0.484 e. The van der Waals surface area contributed by atoms with E-state index in [1.807, 2.05) is 19.9 Å². The lowest BCUT2D eigenvalue weighted by atomic mass is 10.0. The van der Waals surface area contributed by atoms with Crippen molar-refractivity contribution in [2.45, 2.75) is 26.4 Å². The fraction of sp³-hybridized carbons (Fsp3) is 0.417. The van der Waals surface area contributed by atoms with Gasteiger partial charge in [-0.3, -0.25) is 4.79 Å². The van der Waals surface area contributed by atoms with Crippen LogP contribution in [0.25, 0.3) is 0 Å². The van der Waals surface area contributed by atoms with Crippen molar-refractivity contribution in [3.8, 4) is 5.75 Å². The fourth-order valence-corrected chi connectivity index (χ4v) is 1.91. The molecule has 16 heavy (non-hydrogen) atoms. The summed E-state index contributed by atoms with van der Waals surface area (Å²) in [6.07, 6.45) is 0. The number of ether oxygens (including phenoxy) is 1. The van der Waals surface area contributed by atoms with Crippen molar-refractivity contribution in [1.29, 1.82) is 0 Å². The van der Waals surface area contributed by atoms with E-state index in [1.165, 1.54) is 0 Å². The average Bonchev–Trinajstić information content (AvgIpc) is 2.16. The lowest BCUT2D eigenvalue weighted by Gasteiger charge is -2.39. The molecule has 0 unspecified atom stereocenters. The first-order valence-electron chi connectivity index (χ1n) is 5.26. The maximum atomic E-state index is 11.6. The minimum Gasteiger partial charge on any atom is -0.484 e. The van der Waals surface area contributed by atoms with E-state index in [1.54, 1.807) is 24.0 Å². The molecule has 2 rings (SSSR count). The Hall–Kier alpha value is -1.71. The second-order valence-electron chi connectivity index (χ2n) is 4.69. The van der Waals surface area contributed by atoms with Gasteiger partial charge in [0.15, 0.2) is 0 Å². The lowest BCUT2D eigenvalue weighted by molar-refractivity contribution is -0.117. The molecule has 0 saturated heterocycles. The molecule has 4 nitrogen and oxygen atoms in total. The molecular formula is C12H16N2O2. The van der Waals surface area contributed by atoms with E-state index in [9.17, 15) is 4.79 Å². The van der Waals surface area contributed by atoms with Gasteiger partial charge in [-0.15, -0.1) is 0 Å². The van der Waals surface area contributed by atoms with E-state index >= 15 is 0 Å². The van der Waals surface area contributed by atoms with Crippen LogP contribution in [0.4, 0.5) is 11.4 Å². The zero-order chi connectivity index (χ0) is 11.9. The normalized spacial score (nSPS) is 17.6. The molecule has 0 fully saturated rings. The van der Waals surface area contributed by atoms with Crippen LogP contribution < -0.4 is 15.4 Å². The third kappa shape index (κ3) is 1.83. The van der Waals surface area contributed by atoms with E-state index < -0.39 is 0 Å². The molecule has 1 aromatic carbocycles. The highest BCUT2D eigenvalue weighted by atomic mass is 16.5. The summed E-state index contributed by atoms with van der Waals surface area (Å²) in [5.74, 6) is 0.712. The number of anilines is 2. The molecular weight excluding hydrogens is 204 g/mol. The van der Waals surface area contributed by atoms with Gasteiger partial charge in [-0.05, 0) is 32.0 Å². The van der Waals surface area contributed by atoms with Gasteiger partial charge >= 0.3 is 0 Å². The molecule has 1 aliphatic heterocycles. The summed E-state index contributed by atoms with van der Waals surface area (Å²) in [5.41, 5.74) is 6.74. The summed E-state index contributed by atoms with van der Waals surface area (Å²) < 4.78 is 5.81. The van der Waals surface area contributed by atoms with Crippen molar-refractivity contribution in [3.05, 3.63) is 18.2 Å². The maximum absolute atomic E-state index is 11.6. The number of amides is 1. The zero-order valence-electron chi connectivity index (χ0n) is 9.78. The van der Waals surface area contributed by atoms with E-state index in [0.717, 1.165) is 5.69 Å². The second-order valence-corrected chi connectivity index (χ2v) is 4.69. The molecule has 0 aromatic heterocycles. The van der Waals surface area contributed by atoms with Crippen molar-refractivity contribution < 1.29 is 9.53 Å². The van der Waals surface area contributed by atoms with Crippen LogP contribution in [0.3, 0.4) is 0 Å². The molecule has 1 aromatic rings. The van der Waals surface area contributed by atoms with Gasteiger partial charge in [-0.2, -0.15) is 0 Å². The highest BCUT2D eigenvalue weighted by Gasteiger charge is 2.33. The number of nitrogens with two attached hydrogens (primary N) is 1. The summed E-state index contributed by atoms with van der Waals surface area (Å²) >= 11 is 0. The highest BCUT2D eigenvalue weighted by molar-refractivity contribution is 5.94. The molecule has 1 heterocycles. The van der Waals surface area contributed by atoms with Crippen LogP contribution in [-0.4, -0.2) is 18.1 Å². The van der Waals surface area contributed by atoms with E-state index in [4.69, 9.17) is 10.5 Å². The Labute approximate surface area is 95.0 Å². The third-order valence-electron chi connectivity index (χ3n) is 2.58. The number of fused-ring (bicyclic) bond motifs is 1. The van der Waals surface area contributed by atoms with E-state index in [2.05, 4.69) is 0 Å². The van der Waals surface area contributed by atoms with Gasteiger partial charge < -0.3 is 15.4 Å². The van der Waals surface area contributed by atoms with Crippen LogP contribution in [0.5, 0.6) is 5.75 Å². The predicted molar refractivity (Wildman–Crippen MR) is 63.6 cm³/mol. The summed E-state index contributed by atoms with van der Waals surface area (Å²) in [5, 5.41) is 0. The minimum atomic E-state index is -0.366. The van der Waals surface area contributed by atoms with Crippen molar-refractivity contribution in [1.82, 2.24) is 0 Å². The first kappa shape index (κ1) is 10.8. The lowest BCUT2D eigenvalue weighted by Crippen LogP contribution is -2.48. The molecule has 0 atom stereocenters. The Balaban J connectivity index is 2.51. The summed E-state index contributed by atoms with van der Waals surface area (Å²) in [6.45, 7) is 6.01. The van der Waals surface area contributed by atoms with Gasteiger partial charge in [0.2, 0.25) is 5.91 Å². The first-order chi connectivity index (χ1) is 7.39. The van der Waals surface area contributed by atoms with E-state index in [0.29, 0.717) is 18.0 Å².